The molecule has 33 heavy (non-hydrogen) atoms. The molecule has 180 valence electrons. The van der Waals surface area contributed by atoms with Crippen molar-refractivity contribution in [2.75, 3.05) is 6.61 Å². The molecule has 2 amide bonds. The summed E-state index contributed by atoms with van der Waals surface area (Å²) >= 11 is 0. The molecule has 0 N–H and O–H groups in total. The van der Waals surface area contributed by atoms with E-state index in [4.69, 9.17) is 9.47 Å². The van der Waals surface area contributed by atoms with E-state index in [1.165, 1.54) is 17.7 Å². The molecule has 1 aromatic rings. The Labute approximate surface area is 197 Å². The minimum absolute atomic E-state index is 0.0667. The van der Waals surface area contributed by atoms with Crippen LogP contribution in [-0.2, 0) is 25.5 Å². The molecule has 6 heteroatoms. The highest BCUT2D eigenvalue weighted by Crippen LogP contribution is 2.58. The van der Waals surface area contributed by atoms with Gasteiger partial charge < -0.3 is 9.47 Å². The first-order chi connectivity index (χ1) is 15.6. The Morgan fingerprint density at radius 3 is 2.33 bits per heavy atom. The molecule has 2 aliphatic carbocycles. The summed E-state index contributed by atoms with van der Waals surface area (Å²) in [7, 11) is 0. The van der Waals surface area contributed by atoms with Crippen LogP contribution in [0.1, 0.15) is 71.8 Å². The number of amides is 2. The lowest BCUT2D eigenvalue weighted by Gasteiger charge is -2.38. The van der Waals surface area contributed by atoms with Crippen LogP contribution in [0, 0.1) is 23.2 Å². The molecule has 0 radical (unpaired) electrons. The molecular weight excluding hydrogens is 418 g/mol. The number of hydrogen-bond acceptors (Lipinski definition) is 5. The van der Waals surface area contributed by atoms with E-state index < -0.39 is 23.5 Å². The summed E-state index contributed by atoms with van der Waals surface area (Å²) in [5, 5.41) is 0. The van der Waals surface area contributed by atoms with Gasteiger partial charge in [0.1, 0.15) is 12.2 Å². The van der Waals surface area contributed by atoms with Crippen molar-refractivity contribution in [2.24, 2.45) is 23.2 Å². The van der Waals surface area contributed by atoms with Gasteiger partial charge in [-0.3, -0.25) is 9.59 Å². The number of nitrogens with zero attached hydrogens (tertiary/aromatic N) is 1. The van der Waals surface area contributed by atoms with Crippen LogP contribution >= 0.6 is 0 Å². The van der Waals surface area contributed by atoms with Gasteiger partial charge in [0, 0.05) is 0 Å². The van der Waals surface area contributed by atoms with Crippen molar-refractivity contribution in [1.29, 1.82) is 0 Å². The second-order valence-electron chi connectivity index (χ2n) is 11.3. The third-order valence-electron chi connectivity index (χ3n) is 7.67. The average molecular weight is 456 g/mol. The van der Waals surface area contributed by atoms with Gasteiger partial charge in [-0.1, -0.05) is 37.3 Å². The fourth-order valence-electron chi connectivity index (χ4n) is 5.58. The van der Waals surface area contributed by atoms with Crippen LogP contribution in [0.25, 0.3) is 0 Å². The zero-order chi connectivity index (χ0) is 23.8. The van der Waals surface area contributed by atoms with E-state index in [0.29, 0.717) is 11.8 Å². The third kappa shape index (κ3) is 5.42. The van der Waals surface area contributed by atoms with Gasteiger partial charge in [-0.25, -0.2) is 9.69 Å². The number of carbonyl (C=O) groups is 3. The molecule has 1 saturated heterocycles. The predicted molar refractivity (Wildman–Crippen MR) is 124 cm³/mol. The van der Waals surface area contributed by atoms with Crippen LogP contribution in [0.3, 0.4) is 0 Å². The summed E-state index contributed by atoms with van der Waals surface area (Å²) in [5.74, 6) is -1.80. The number of cyclic esters (lactones) is 1. The van der Waals surface area contributed by atoms with Gasteiger partial charge in [-0.2, -0.15) is 0 Å². The van der Waals surface area contributed by atoms with Crippen LogP contribution < -0.4 is 0 Å². The van der Waals surface area contributed by atoms with Crippen molar-refractivity contribution < 1.29 is 23.9 Å². The molecular formula is C27H37NO5. The van der Waals surface area contributed by atoms with E-state index in [9.17, 15) is 14.4 Å². The second-order valence-corrected chi connectivity index (χ2v) is 11.3. The van der Waals surface area contributed by atoms with Crippen LogP contribution in [0.2, 0.25) is 0 Å². The molecule has 3 atom stereocenters. The smallest absolute Gasteiger partial charge is 0.416 e. The summed E-state index contributed by atoms with van der Waals surface area (Å²) in [6.45, 7) is 7.46. The van der Waals surface area contributed by atoms with Crippen LogP contribution in [-0.4, -0.2) is 41.1 Å². The fraction of sp³-hybridized carbons (Fsp3) is 0.667. The van der Waals surface area contributed by atoms with Gasteiger partial charge in [0.2, 0.25) is 5.91 Å². The molecule has 1 aromatic carbocycles. The van der Waals surface area contributed by atoms with E-state index in [0.717, 1.165) is 31.2 Å². The fourth-order valence-corrected chi connectivity index (χ4v) is 5.58. The van der Waals surface area contributed by atoms with Crippen LogP contribution in [0.4, 0.5) is 4.79 Å². The molecule has 2 saturated carbocycles. The Morgan fingerprint density at radius 2 is 1.76 bits per heavy atom. The second kappa shape index (κ2) is 9.11. The number of benzene rings is 1. The van der Waals surface area contributed by atoms with Gasteiger partial charge in [0.05, 0.1) is 17.9 Å². The quantitative estimate of drug-likeness (QED) is 0.555. The largest absolute Gasteiger partial charge is 0.460 e. The SMILES string of the molecule is CC(C(=O)OC(C)(C)C)[C@H](C(=O)N1C(=O)OC[C@@H]1Cc1ccccc1)C1CCC2(CC1)CC2. The summed E-state index contributed by atoms with van der Waals surface area (Å²) in [5.41, 5.74) is 0.886. The predicted octanol–water partition coefficient (Wildman–Crippen LogP) is 5.14. The highest BCUT2D eigenvalue weighted by atomic mass is 16.6. The Kier molecular flexibility index (Phi) is 6.56. The highest BCUT2D eigenvalue weighted by Gasteiger charge is 2.51. The van der Waals surface area contributed by atoms with Crippen molar-refractivity contribution in [1.82, 2.24) is 4.90 Å². The maximum Gasteiger partial charge on any atom is 0.416 e. The molecule has 0 aromatic heterocycles. The lowest BCUT2D eigenvalue weighted by molar-refractivity contribution is -0.166. The lowest BCUT2D eigenvalue weighted by atomic mass is 9.70. The maximum atomic E-state index is 14.0. The van der Waals surface area contributed by atoms with Crippen LogP contribution in [0.5, 0.6) is 0 Å². The highest BCUT2D eigenvalue weighted by molar-refractivity contribution is 5.97. The van der Waals surface area contributed by atoms with E-state index in [2.05, 4.69) is 0 Å². The first-order valence-corrected chi connectivity index (χ1v) is 12.4. The van der Waals surface area contributed by atoms with Crippen molar-refractivity contribution in [3.8, 4) is 0 Å². The van der Waals surface area contributed by atoms with Gasteiger partial charge in [0.15, 0.2) is 0 Å². The lowest BCUT2D eigenvalue weighted by Crippen LogP contribution is -2.49. The number of carbonyl (C=O) groups excluding carboxylic acids is 3. The molecule has 3 fully saturated rings. The van der Waals surface area contributed by atoms with Gasteiger partial charge in [-0.05, 0) is 82.6 Å². The van der Waals surface area contributed by atoms with E-state index in [1.807, 2.05) is 51.1 Å². The number of ether oxygens (including phenoxy) is 2. The first kappa shape index (κ1) is 23.8. The molecule has 0 bridgehead atoms. The van der Waals surface area contributed by atoms with Crippen molar-refractivity contribution in [3.63, 3.8) is 0 Å². The summed E-state index contributed by atoms with van der Waals surface area (Å²) in [6, 6.07) is 9.45. The molecule has 4 rings (SSSR count). The standard InChI is InChI=1S/C27H37NO5/c1-18(24(30)33-26(2,3)4)22(20-10-12-27(13-11-20)14-15-27)23(29)28-21(17-32-25(28)31)16-19-8-6-5-7-9-19/h5-9,18,20-22H,10-17H2,1-4H3/t18?,21-,22-/m0/s1. The molecule has 3 aliphatic rings. The zero-order valence-electron chi connectivity index (χ0n) is 20.3. The van der Waals surface area contributed by atoms with Crippen molar-refractivity contribution >= 4 is 18.0 Å². The molecule has 1 heterocycles. The monoisotopic (exact) mass is 455 g/mol. The maximum absolute atomic E-state index is 14.0. The Hall–Kier alpha value is -2.37. The number of esters is 1. The van der Waals surface area contributed by atoms with Gasteiger partial charge in [-0.15, -0.1) is 0 Å². The van der Waals surface area contributed by atoms with Gasteiger partial charge >= 0.3 is 12.1 Å². The Bertz CT molecular complexity index is 876. The zero-order valence-corrected chi connectivity index (χ0v) is 20.3. The average Bonchev–Trinajstić information content (AvgIpc) is 3.42. The topological polar surface area (TPSA) is 72.9 Å². The molecule has 1 spiro atoms. The summed E-state index contributed by atoms with van der Waals surface area (Å²) < 4.78 is 11.0. The van der Waals surface area contributed by atoms with E-state index in [-0.39, 0.29) is 30.4 Å². The third-order valence-corrected chi connectivity index (χ3v) is 7.67. The van der Waals surface area contributed by atoms with E-state index in [1.54, 1.807) is 6.92 Å². The van der Waals surface area contributed by atoms with Crippen molar-refractivity contribution in [3.05, 3.63) is 35.9 Å². The summed E-state index contributed by atoms with van der Waals surface area (Å²) in [6.07, 6.45) is 6.51. The molecule has 6 nitrogen and oxygen atoms in total. The number of hydrogen-bond donors (Lipinski definition) is 0. The molecule has 1 aliphatic heterocycles. The minimum Gasteiger partial charge on any atom is -0.460 e. The van der Waals surface area contributed by atoms with Crippen LogP contribution in [0.15, 0.2) is 30.3 Å². The van der Waals surface area contributed by atoms with Gasteiger partial charge in [0.25, 0.3) is 0 Å². The number of imide groups is 1. The Morgan fingerprint density at radius 1 is 1.12 bits per heavy atom. The van der Waals surface area contributed by atoms with E-state index >= 15 is 0 Å². The normalized spacial score (nSPS) is 24.3. The Balaban J connectivity index is 1.57. The minimum atomic E-state index is -0.633. The number of rotatable bonds is 6. The van der Waals surface area contributed by atoms with Crippen molar-refractivity contribution in [2.45, 2.75) is 84.3 Å². The summed E-state index contributed by atoms with van der Waals surface area (Å²) in [4.78, 5) is 41.0. The molecule has 1 unspecified atom stereocenters. The first-order valence-electron chi connectivity index (χ1n) is 12.4.